The number of anilines is 2. The Kier molecular flexibility index (Phi) is 3.16. The summed E-state index contributed by atoms with van der Waals surface area (Å²) in [5.41, 5.74) is 6.71. The fourth-order valence-corrected chi connectivity index (χ4v) is 1.49. The monoisotopic (exact) mass is 259 g/mol. The smallest absolute Gasteiger partial charge is 0.278 e. The summed E-state index contributed by atoms with van der Waals surface area (Å²) in [5, 5.41) is 17.6. The van der Waals surface area contributed by atoms with Gasteiger partial charge in [-0.3, -0.25) is 9.89 Å². The summed E-state index contributed by atoms with van der Waals surface area (Å²) in [5.74, 6) is -1.17. The molecule has 2 rings (SSSR count). The second-order valence-electron chi connectivity index (χ2n) is 3.87. The Bertz CT molecular complexity index is 686. The Hall–Kier alpha value is -2.88. The van der Waals surface area contributed by atoms with E-state index in [0.29, 0.717) is 11.4 Å². The molecule has 0 fully saturated rings. The molecule has 0 atom stereocenters. The molecule has 0 spiro atoms. The standard InChI is InChI=1S/C12H10FN5O/c1-6-10(15)11(18-17-6)12(19)16-8-2-3-9(13)7(4-8)5-14/h2-4H,15H2,1H3,(H,16,19)(H,17,18). The van der Waals surface area contributed by atoms with Gasteiger partial charge in [0.05, 0.1) is 16.9 Å². The van der Waals surface area contributed by atoms with Crippen LogP contribution in [0.15, 0.2) is 18.2 Å². The zero-order valence-corrected chi connectivity index (χ0v) is 9.99. The lowest BCUT2D eigenvalue weighted by molar-refractivity contribution is 0.102. The van der Waals surface area contributed by atoms with E-state index in [0.717, 1.165) is 6.07 Å². The second kappa shape index (κ2) is 4.78. The normalized spacial score (nSPS) is 9.95. The van der Waals surface area contributed by atoms with Crippen molar-refractivity contribution in [3.05, 3.63) is 41.0 Å². The molecule has 0 bridgehead atoms. The van der Waals surface area contributed by atoms with E-state index in [4.69, 9.17) is 11.0 Å². The van der Waals surface area contributed by atoms with Crippen molar-refractivity contribution in [2.75, 3.05) is 11.1 Å². The number of nitrogens with one attached hydrogen (secondary N) is 2. The number of aromatic amines is 1. The van der Waals surface area contributed by atoms with Crippen LogP contribution in [-0.2, 0) is 0 Å². The van der Waals surface area contributed by atoms with Crippen LogP contribution in [0, 0.1) is 24.1 Å². The number of hydrogen-bond donors (Lipinski definition) is 3. The fourth-order valence-electron chi connectivity index (χ4n) is 1.49. The van der Waals surface area contributed by atoms with E-state index < -0.39 is 11.7 Å². The molecular formula is C12H10FN5O. The quantitative estimate of drug-likeness (QED) is 0.760. The van der Waals surface area contributed by atoms with E-state index in [1.54, 1.807) is 13.0 Å². The molecule has 19 heavy (non-hydrogen) atoms. The van der Waals surface area contributed by atoms with Gasteiger partial charge in [-0.05, 0) is 25.1 Å². The lowest BCUT2D eigenvalue weighted by Crippen LogP contribution is -2.14. The summed E-state index contributed by atoms with van der Waals surface area (Å²) in [7, 11) is 0. The van der Waals surface area contributed by atoms with Gasteiger partial charge in [0.25, 0.3) is 5.91 Å². The molecule has 0 radical (unpaired) electrons. The number of hydrogen-bond acceptors (Lipinski definition) is 4. The molecule has 1 heterocycles. The van der Waals surface area contributed by atoms with Gasteiger partial charge >= 0.3 is 0 Å². The number of carbonyl (C=O) groups excluding carboxylic acids is 1. The maximum Gasteiger partial charge on any atom is 0.278 e. The fraction of sp³-hybridized carbons (Fsp3) is 0.0833. The first-order valence-electron chi connectivity index (χ1n) is 5.34. The van der Waals surface area contributed by atoms with E-state index in [9.17, 15) is 9.18 Å². The lowest BCUT2D eigenvalue weighted by atomic mass is 10.2. The molecule has 1 aromatic carbocycles. The van der Waals surface area contributed by atoms with Crippen molar-refractivity contribution in [3.8, 4) is 6.07 Å². The Morgan fingerprint density at radius 3 is 2.89 bits per heavy atom. The number of nitrogens with two attached hydrogens (primary N) is 1. The van der Waals surface area contributed by atoms with Crippen molar-refractivity contribution in [2.45, 2.75) is 6.92 Å². The molecular weight excluding hydrogens is 249 g/mol. The van der Waals surface area contributed by atoms with E-state index in [1.165, 1.54) is 12.1 Å². The van der Waals surface area contributed by atoms with Crippen molar-refractivity contribution in [3.63, 3.8) is 0 Å². The highest BCUT2D eigenvalue weighted by Crippen LogP contribution is 2.17. The molecule has 4 N–H and O–H groups in total. The molecule has 6 nitrogen and oxygen atoms in total. The third kappa shape index (κ3) is 2.37. The molecule has 0 saturated carbocycles. The Morgan fingerprint density at radius 2 is 2.32 bits per heavy atom. The second-order valence-corrected chi connectivity index (χ2v) is 3.87. The highest BCUT2D eigenvalue weighted by molar-refractivity contribution is 6.06. The van der Waals surface area contributed by atoms with Crippen LogP contribution < -0.4 is 11.1 Å². The molecule has 0 saturated heterocycles. The minimum Gasteiger partial charge on any atom is -0.395 e. The first-order valence-corrected chi connectivity index (χ1v) is 5.34. The number of benzene rings is 1. The number of nitrogen functional groups attached to an aromatic ring is 1. The van der Waals surface area contributed by atoms with E-state index >= 15 is 0 Å². The van der Waals surface area contributed by atoms with Crippen molar-refractivity contribution >= 4 is 17.3 Å². The van der Waals surface area contributed by atoms with Gasteiger partial charge in [0.1, 0.15) is 11.9 Å². The topological polar surface area (TPSA) is 108 Å². The maximum absolute atomic E-state index is 13.1. The summed E-state index contributed by atoms with van der Waals surface area (Å²) in [6.07, 6.45) is 0. The van der Waals surface area contributed by atoms with Crippen LogP contribution in [0.2, 0.25) is 0 Å². The van der Waals surface area contributed by atoms with Crippen molar-refractivity contribution in [2.24, 2.45) is 0 Å². The third-order valence-corrected chi connectivity index (χ3v) is 2.55. The van der Waals surface area contributed by atoms with Crippen LogP contribution in [0.5, 0.6) is 0 Å². The van der Waals surface area contributed by atoms with E-state index in [-0.39, 0.29) is 16.9 Å². The lowest BCUT2D eigenvalue weighted by Gasteiger charge is -2.04. The summed E-state index contributed by atoms with van der Waals surface area (Å²) >= 11 is 0. The van der Waals surface area contributed by atoms with Crippen LogP contribution in [0.4, 0.5) is 15.8 Å². The third-order valence-electron chi connectivity index (χ3n) is 2.55. The highest BCUT2D eigenvalue weighted by atomic mass is 19.1. The molecule has 0 aliphatic carbocycles. The molecule has 2 aromatic rings. The van der Waals surface area contributed by atoms with Gasteiger partial charge in [-0.15, -0.1) is 0 Å². The van der Waals surface area contributed by atoms with Crippen LogP contribution >= 0.6 is 0 Å². The van der Waals surface area contributed by atoms with Gasteiger partial charge in [-0.2, -0.15) is 10.4 Å². The van der Waals surface area contributed by atoms with Crippen molar-refractivity contribution < 1.29 is 9.18 Å². The average molecular weight is 259 g/mol. The van der Waals surface area contributed by atoms with Gasteiger partial charge in [0.15, 0.2) is 5.69 Å². The maximum atomic E-state index is 13.1. The van der Waals surface area contributed by atoms with Crippen LogP contribution in [0.25, 0.3) is 0 Å². The highest BCUT2D eigenvalue weighted by Gasteiger charge is 2.15. The Labute approximate surface area is 108 Å². The van der Waals surface area contributed by atoms with Gasteiger partial charge in [0, 0.05) is 5.69 Å². The first kappa shape index (κ1) is 12.6. The number of aromatic nitrogens is 2. The SMILES string of the molecule is Cc1[nH]nc(C(=O)Nc2ccc(F)c(C#N)c2)c1N. The largest absolute Gasteiger partial charge is 0.395 e. The van der Waals surface area contributed by atoms with Gasteiger partial charge < -0.3 is 11.1 Å². The zero-order chi connectivity index (χ0) is 14.0. The summed E-state index contributed by atoms with van der Waals surface area (Å²) in [6.45, 7) is 1.69. The molecule has 0 unspecified atom stereocenters. The Balaban J connectivity index is 2.25. The van der Waals surface area contributed by atoms with Crippen LogP contribution in [0.1, 0.15) is 21.7 Å². The van der Waals surface area contributed by atoms with E-state index in [1.807, 2.05) is 0 Å². The summed E-state index contributed by atoms with van der Waals surface area (Å²) in [6, 6.07) is 5.39. The van der Waals surface area contributed by atoms with Gasteiger partial charge in [-0.1, -0.05) is 0 Å². The van der Waals surface area contributed by atoms with Crippen molar-refractivity contribution in [1.29, 1.82) is 5.26 Å². The summed E-state index contributed by atoms with van der Waals surface area (Å²) < 4.78 is 13.1. The predicted molar refractivity (Wildman–Crippen MR) is 66.8 cm³/mol. The molecule has 96 valence electrons. The molecule has 0 aliphatic heterocycles. The predicted octanol–water partition coefficient (Wildman–Crippen LogP) is 1.56. The van der Waals surface area contributed by atoms with Gasteiger partial charge in [-0.25, -0.2) is 4.39 Å². The van der Waals surface area contributed by atoms with Crippen molar-refractivity contribution in [1.82, 2.24) is 10.2 Å². The number of aryl methyl sites for hydroxylation is 1. The number of nitriles is 1. The molecule has 0 aliphatic rings. The molecule has 1 aromatic heterocycles. The number of H-pyrrole nitrogens is 1. The van der Waals surface area contributed by atoms with Crippen LogP contribution in [-0.4, -0.2) is 16.1 Å². The zero-order valence-electron chi connectivity index (χ0n) is 9.99. The van der Waals surface area contributed by atoms with Gasteiger partial charge in [0.2, 0.25) is 0 Å². The van der Waals surface area contributed by atoms with Crippen LogP contribution in [0.3, 0.4) is 0 Å². The molecule has 1 amide bonds. The number of amides is 1. The van der Waals surface area contributed by atoms with E-state index in [2.05, 4.69) is 15.5 Å². The Morgan fingerprint density at radius 1 is 1.58 bits per heavy atom. The minimum atomic E-state index is -0.643. The number of halogens is 1. The number of nitrogens with zero attached hydrogens (tertiary/aromatic N) is 2. The first-order chi connectivity index (χ1) is 9.02. The average Bonchev–Trinajstić information content (AvgIpc) is 2.72. The molecule has 7 heteroatoms. The minimum absolute atomic E-state index is 0.0559. The number of rotatable bonds is 2. The summed E-state index contributed by atoms with van der Waals surface area (Å²) in [4.78, 5) is 11.9. The number of carbonyl (C=O) groups is 1.